The van der Waals surface area contributed by atoms with Crippen LogP contribution in [0.4, 0.5) is 11.8 Å². The van der Waals surface area contributed by atoms with Crippen LogP contribution in [-0.4, -0.2) is 58.1 Å². The van der Waals surface area contributed by atoms with Crippen LogP contribution in [0.5, 0.6) is 0 Å². The number of aromatic nitrogens is 2. The first kappa shape index (κ1) is 14.5. The molecule has 0 unspecified atom stereocenters. The minimum atomic E-state index is -0.686. The fraction of sp³-hybridized carbons (Fsp3) is 0.733. The molecule has 2 saturated heterocycles. The van der Waals surface area contributed by atoms with Gasteiger partial charge in [0, 0.05) is 38.3 Å². The maximum Gasteiger partial charge on any atom is 0.227 e. The average Bonchev–Trinajstić information content (AvgIpc) is 2.74. The lowest BCUT2D eigenvalue weighted by Crippen LogP contribution is -2.37. The monoisotopic (exact) mass is 292 g/mol. The molecule has 2 aliphatic heterocycles. The van der Waals surface area contributed by atoms with E-state index < -0.39 is 5.60 Å². The van der Waals surface area contributed by atoms with Crippen LogP contribution < -0.4 is 9.80 Å². The van der Waals surface area contributed by atoms with Gasteiger partial charge < -0.3 is 20.0 Å². The molecule has 0 aliphatic carbocycles. The lowest BCUT2D eigenvalue weighted by molar-refractivity contribution is 0.0443. The number of rotatable bonds is 2. The summed E-state index contributed by atoms with van der Waals surface area (Å²) in [5.74, 6) is 1.80. The molecule has 2 atom stereocenters. The van der Waals surface area contributed by atoms with Crippen molar-refractivity contribution in [3.8, 4) is 0 Å². The third kappa shape index (κ3) is 2.96. The molecule has 2 N–H and O–H groups in total. The summed E-state index contributed by atoms with van der Waals surface area (Å²) in [6.45, 7) is 6.91. The largest absolute Gasteiger partial charge is 0.393 e. The number of hydrogen-bond acceptors (Lipinski definition) is 6. The van der Waals surface area contributed by atoms with Crippen molar-refractivity contribution in [3.63, 3.8) is 0 Å². The van der Waals surface area contributed by atoms with Gasteiger partial charge >= 0.3 is 0 Å². The second-order valence-electron chi connectivity index (χ2n) is 6.57. The van der Waals surface area contributed by atoms with Crippen molar-refractivity contribution in [1.29, 1.82) is 0 Å². The normalized spacial score (nSPS) is 31.0. The highest BCUT2D eigenvalue weighted by molar-refractivity contribution is 5.45. The fourth-order valence-corrected chi connectivity index (χ4v) is 3.05. The Morgan fingerprint density at radius 3 is 2.62 bits per heavy atom. The smallest absolute Gasteiger partial charge is 0.227 e. The molecule has 0 spiro atoms. The highest BCUT2D eigenvalue weighted by atomic mass is 16.3. The number of aliphatic hydroxyl groups is 2. The quantitative estimate of drug-likeness (QED) is 0.833. The van der Waals surface area contributed by atoms with E-state index in [1.807, 2.05) is 17.9 Å². The highest BCUT2D eigenvalue weighted by Crippen LogP contribution is 2.30. The van der Waals surface area contributed by atoms with E-state index in [-0.39, 0.29) is 12.0 Å². The summed E-state index contributed by atoms with van der Waals surface area (Å²) in [6, 6.07) is 1.92. The zero-order valence-electron chi connectivity index (χ0n) is 12.7. The van der Waals surface area contributed by atoms with Crippen molar-refractivity contribution in [1.82, 2.24) is 9.97 Å². The summed E-state index contributed by atoms with van der Waals surface area (Å²) < 4.78 is 0. The van der Waals surface area contributed by atoms with E-state index >= 15 is 0 Å². The number of hydrogen-bond donors (Lipinski definition) is 2. The van der Waals surface area contributed by atoms with Crippen LogP contribution in [0.2, 0.25) is 0 Å². The molecule has 0 amide bonds. The molecule has 0 saturated carbocycles. The summed E-state index contributed by atoms with van der Waals surface area (Å²) in [5, 5.41) is 19.9. The van der Waals surface area contributed by atoms with Gasteiger partial charge in [-0.1, -0.05) is 6.92 Å². The Labute approximate surface area is 125 Å². The molecule has 116 valence electrons. The predicted octanol–water partition coefficient (Wildman–Crippen LogP) is 0.645. The molecule has 0 radical (unpaired) electrons. The molecule has 21 heavy (non-hydrogen) atoms. The Kier molecular flexibility index (Phi) is 3.75. The van der Waals surface area contributed by atoms with Crippen molar-refractivity contribution in [3.05, 3.63) is 12.3 Å². The van der Waals surface area contributed by atoms with Gasteiger partial charge in [0.05, 0.1) is 11.7 Å². The second-order valence-corrected chi connectivity index (χ2v) is 6.57. The first-order valence-corrected chi connectivity index (χ1v) is 7.69. The van der Waals surface area contributed by atoms with Gasteiger partial charge in [0.15, 0.2) is 0 Å². The maximum atomic E-state index is 10.3. The summed E-state index contributed by atoms with van der Waals surface area (Å²) in [7, 11) is 0. The van der Waals surface area contributed by atoms with E-state index in [0.717, 1.165) is 38.3 Å². The van der Waals surface area contributed by atoms with Gasteiger partial charge in [-0.15, -0.1) is 0 Å². The zero-order valence-corrected chi connectivity index (χ0v) is 12.7. The molecule has 1 aromatic rings. The number of anilines is 2. The lowest BCUT2D eigenvalue weighted by atomic mass is 9.95. The average molecular weight is 292 g/mol. The van der Waals surface area contributed by atoms with Crippen molar-refractivity contribution in [2.24, 2.45) is 5.92 Å². The topological polar surface area (TPSA) is 72.7 Å². The van der Waals surface area contributed by atoms with Crippen LogP contribution in [0.25, 0.3) is 0 Å². The van der Waals surface area contributed by atoms with Gasteiger partial charge in [-0.2, -0.15) is 4.98 Å². The second kappa shape index (κ2) is 5.42. The molecule has 0 aromatic carbocycles. The number of nitrogens with zero attached hydrogens (tertiary/aromatic N) is 4. The van der Waals surface area contributed by atoms with Crippen LogP contribution in [-0.2, 0) is 0 Å². The maximum absolute atomic E-state index is 10.3. The molecule has 6 nitrogen and oxygen atoms in total. The van der Waals surface area contributed by atoms with E-state index in [1.165, 1.54) is 0 Å². The molecular formula is C15H24N4O2. The third-order valence-corrected chi connectivity index (χ3v) is 4.77. The first-order valence-electron chi connectivity index (χ1n) is 7.69. The van der Waals surface area contributed by atoms with Gasteiger partial charge in [-0.25, -0.2) is 4.98 Å². The van der Waals surface area contributed by atoms with Crippen LogP contribution in [0, 0.1) is 5.92 Å². The Hall–Kier alpha value is -1.40. The Morgan fingerprint density at radius 1 is 1.29 bits per heavy atom. The summed E-state index contributed by atoms with van der Waals surface area (Å²) in [6.07, 6.45) is 3.17. The van der Waals surface area contributed by atoms with Crippen molar-refractivity contribution in [2.45, 2.75) is 38.4 Å². The van der Waals surface area contributed by atoms with Gasteiger partial charge in [-0.3, -0.25) is 0 Å². The Morgan fingerprint density at radius 2 is 2.00 bits per heavy atom. The summed E-state index contributed by atoms with van der Waals surface area (Å²) in [5.41, 5.74) is -0.686. The van der Waals surface area contributed by atoms with Crippen molar-refractivity contribution >= 4 is 11.8 Å². The van der Waals surface area contributed by atoms with E-state index in [4.69, 9.17) is 0 Å². The first-order chi connectivity index (χ1) is 9.95. The summed E-state index contributed by atoms with van der Waals surface area (Å²) in [4.78, 5) is 13.2. The van der Waals surface area contributed by atoms with Crippen LogP contribution in [0.15, 0.2) is 12.3 Å². The molecule has 1 aromatic heterocycles. The third-order valence-electron chi connectivity index (χ3n) is 4.77. The summed E-state index contributed by atoms with van der Waals surface area (Å²) >= 11 is 0. The Balaban J connectivity index is 1.75. The number of β-amino-alcohol motifs (C(OH)–C–C–N with tert-alkyl or cyclic N) is 1. The van der Waals surface area contributed by atoms with Crippen LogP contribution in [0.1, 0.15) is 26.7 Å². The minimum Gasteiger partial charge on any atom is -0.393 e. The molecule has 3 heterocycles. The molecule has 2 aliphatic rings. The van der Waals surface area contributed by atoms with Gasteiger partial charge in [-0.05, 0) is 25.8 Å². The minimum absolute atomic E-state index is 0.183. The van der Waals surface area contributed by atoms with Crippen LogP contribution >= 0.6 is 0 Å². The van der Waals surface area contributed by atoms with Gasteiger partial charge in [0.25, 0.3) is 0 Å². The van der Waals surface area contributed by atoms with Crippen molar-refractivity contribution < 1.29 is 10.2 Å². The SMILES string of the molecule is C[C@@H]1CN(c2nccc(N3CCC(O)CC3)n2)C[C@]1(C)O. The molecule has 0 bridgehead atoms. The zero-order chi connectivity index (χ0) is 15.0. The van der Waals surface area contributed by atoms with Gasteiger partial charge in [0.1, 0.15) is 5.82 Å². The standard InChI is InChI=1S/C15H24N4O2/c1-11-9-19(10-15(11,2)21)14-16-6-3-13(17-14)18-7-4-12(20)5-8-18/h3,6,11-12,20-21H,4-5,7-10H2,1-2H3/t11-,15+/m1/s1. The van der Waals surface area contributed by atoms with E-state index in [2.05, 4.69) is 21.8 Å². The lowest BCUT2D eigenvalue weighted by Gasteiger charge is -2.31. The van der Waals surface area contributed by atoms with E-state index in [9.17, 15) is 10.2 Å². The van der Waals surface area contributed by atoms with Crippen molar-refractivity contribution in [2.75, 3.05) is 36.0 Å². The van der Waals surface area contributed by atoms with Crippen LogP contribution in [0.3, 0.4) is 0 Å². The predicted molar refractivity (Wildman–Crippen MR) is 81.5 cm³/mol. The number of aliphatic hydroxyl groups excluding tert-OH is 1. The molecule has 6 heteroatoms. The molecule has 3 rings (SSSR count). The Bertz CT molecular complexity index is 500. The van der Waals surface area contributed by atoms with Gasteiger partial charge in [0.2, 0.25) is 5.95 Å². The molecule has 2 fully saturated rings. The fourth-order valence-electron chi connectivity index (χ4n) is 3.05. The van der Waals surface area contributed by atoms with E-state index in [1.54, 1.807) is 6.20 Å². The number of piperidine rings is 1. The highest BCUT2D eigenvalue weighted by Gasteiger charge is 2.39. The molecular weight excluding hydrogens is 268 g/mol. The van der Waals surface area contributed by atoms with E-state index in [0.29, 0.717) is 12.5 Å².